The SMILES string of the molecule is CCOc1ccc(CC(=O)NC(C)c2ccc(OCCOC)c(OC)c2)cc1. The standard InChI is InChI=1S/C22H29NO5/c1-5-27-19-9-6-17(7-10-19)14-22(24)23-16(2)18-8-11-20(21(15-18)26-4)28-13-12-25-3/h6-11,15-16H,5,12-14H2,1-4H3,(H,23,24). The largest absolute Gasteiger partial charge is 0.494 e. The predicted octanol–water partition coefficient (Wildman–Crippen LogP) is 3.54. The molecule has 1 unspecified atom stereocenters. The lowest BCUT2D eigenvalue weighted by Crippen LogP contribution is -2.28. The first-order valence-corrected chi connectivity index (χ1v) is 9.38. The minimum absolute atomic E-state index is 0.0453. The molecule has 0 heterocycles. The number of methoxy groups -OCH3 is 2. The van der Waals surface area contributed by atoms with Crippen molar-refractivity contribution in [1.82, 2.24) is 5.32 Å². The third-order valence-electron chi connectivity index (χ3n) is 4.21. The first-order chi connectivity index (χ1) is 13.6. The quantitative estimate of drug-likeness (QED) is 0.598. The Labute approximate surface area is 166 Å². The smallest absolute Gasteiger partial charge is 0.224 e. The summed E-state index contributed by atoms with van der Waals surface area (Å²) in [6.45, 7) is 5.45. The number of carbonyl (C=O) groups excluding carboxylic acids is 1. The second-order valence-electron chi connectivity index (χ2n) is 6.29. The zero-order chi connectivity index (χ0) is 20.4. The van der Waals surface area contributed by atoms with Gasteiger partial charge in [0.1, 0.15) is 12.4 Å². The third-order valence-corrected chi connectivity index (χ3v) is 4.21. The van der Waals surface area contributed by atoms with E-state index in [1.54, 1.807) is 14.2 Å². The van der Waals surface area contributed by atoms with Crippen LogP contribution in [0.5, 0.6) is 17.2 Å². The Kier molecular flexibility index (Phi) is 8.62. The summed E-state index contributed by atoms with van der Waals surface area (Å²) in [4.78, 5) is 12.4. The summed E-state index contributed by atoms with van der Waals surface area (Å²) in [6, 6.07) is 13.1. The summed E-state index contributed by atoms with van der Waals surface area (Å²) in [7, 11) is 3.22. The molecule has 0 aromatic heterocycles. The van der Waals surface area contributed by atoms with Crippen molar-refractivity contribution in [3.63, 3.8) is 0 Å². The molecule has 6 heteroatoms. The van der Waals surface area contributed by atoms with Gasteiger partial charge in [0.15, 0.2) is 11.5 Å². The predicted molar refractivity (Wildman–Crippen MR) is 108 cm³/mol. The molecule has 0 radical (unpaired) electrons. The monoisotopic (exact) mass is 387 g/mol. The number of rotatable bonds is 11. The van der Waals surface area contributed by atoms with Gasteiger partial charge in [-0.2, -0.15) is 0 Å². The molecule has 28 heavy (non-hydrogen) atoms. The number of amides is 1. The summed E-state index contributed by atoms with van der Waals surface area (Å²) in [5.74, 6) is 2.04. The number of carbonyl (C=O) groups is 1. The molecule has 0 fully saturated rings. The second-order valence-corrected chi connectivity index (χ2v) is 6.29. The van der Waals surface area contributed by atoms with Crippen molar-refractivity contribution in [3.8, 4) is 17.2 Å². The zero-order valence-electron chi connectivity index (χ0n) is 17.0. The van der Waals surface area contributed by atoms with E-state index in [0.29, 0.717) is 37.7 Å². The van der Waals surface area contributed by atoms with E-state index in [0.717, 1.165) is 16.9 Å². The van der Waals surface area contributed by atoms with Crippen LogP contribution in [-0.4, -0.2) is 39.9 Å². The van der Waals surface area contributed by atoms with Gasteiger partial charge in [0.2, 0.25) is 5.91 Å². The average molecular weight is 387 g/mol. The Hall–Kier alpha value is -2.73. The summed E-state index contributed by atoms with van der Waals surface area (Å²) < 4.78 is 21.5. The van der Waals surface area contributed by atoms with Gasteiger partial charge in [-0.05, 0) is 49.2 Å². The van der Waals surface area contributed by atoms with E-state index in [1.807, 2.05) is 56.3 Å². The molecule has 0 saturated heterocycles. The normalized spacial score (nSPS) is 11.6. The molecule has 0 aliphatic carbocycles. The molecule has 0 aliphatic heterocycles. The van der Waals surface area contributed by atoms with E-state index >= 15 is 0 Å². The summed E-state index contributed by atoms with van der Waals surface area (Å²) >= 11 is 0. The fourth-order valence-electron chi connectivity index (χ4n) is 2.74. The molecule has 1 atom stereocenters. The van der Waals surface area contributed by atoms with Crippen LogP contribution in [0, 0.1) is 0 Å². The lowest BCUT2D eigenvalue weighted by molar-refractivity contribution is -0.121. The molecular formula is C22H29NO5. The van der Waals surface area contributed by atoms with Gasteiger partial charge < -0.3 is 24.3 Å². The molecule has 6 nitrogen and oxygen atoms in total. The molecule has 1 amide bonds. The third kappa shape index (κ3) is 6.46. The van der Waals surface area contributed by atoms with Gasteiger partial charge in [0.05, 0.1) is 32.8 Å². The minimum Gasteiger partial charge on any atom is -0.494 e. The van der Waals surface area contributed by atoms with E-state index in [1.165, 1.54) is 0 Å². The van der Waals surface area contributed by atoms with Crippen molar-refractivity contribution in [1.29, 1.82) is 0 Å². The molecular weight excluding hydrogens is 358 g/mol. The van der Waals surface area contributed by atoms with Crippen molar-refractivity contribution in [2.24, 2.45) is 0 Å². The number of nitrogens with one attached hydrogen (secondary N) is 1. The minimum atomic E-state index is -0.155. The van der Waals surface area contributed by atoms with Crippen LogP contribution < -0.4 is 19.5 Å². The van der Waals surface area contributed by atoms with Gasteiger partial charge >= 0.3 is 0 Å². The lowest BCUT2D eigenvalue weighted by atomic mass is 10.1. The van der Waals surface area contributed by atoms with Crippen LogP contribution in [0.1, 0.15) is 31.0 Å². The number of hydrogen-bond donors (Lipinski definition) is 1. The highest BCUT2D eigenvalue weighted by atomic mass is 16.5. The van der Waals surface area contributed by atoms with Crippen LogP contribution >= 0.6 is 0 Å². The summed E-state index contributed by atoms with van der Waals surface area (Å²) in [5, 5.41) is 3.02. The van der Waals surface area contributed by atoms with E-state index in [4.69, 9.17) is 18.9 Å². The molecule has 1 N–H and O–H groups in total. The van der Waals surface area contributed by atoms with Gasteiger partial charge in [-0.25, -0.2) is 0 Å². The van der Waals surface area contributed by atoms with Crippen LogP contribution in [0.4, 0.5) is 0 Å². The Morgan fingerprint density at radius 3 is 2.39 bits per heavy atom. The molecule has 0 saturated carbocycles. The highest BCUT2D eigenvalue weighted by Crippen LogP contribution is 2.30. The summed E-state index contributed by atoms with van der Waals surface area (Å²) in [5.41, 5.74) is 1.88. The van der Waals surface area contributed by atoms with Gasteiger partial charge in [-0.3, -0.25) is 4.79 Å². The lowest BCUT2D eigenvalue weighted by Gasteiger charge is -2.17. The molecule has 2 aromatic rings. The van der Waals surface area contributed by atoms with Gasteiger partial charge in [0.25, 0.3) is 0 Å². The number of hydrogen-bond acceptors (Lipinski definition) is 5. The van der Waals surface area contributed by atoms with E-state index in [2.05, 4.69) is 5.32 Å². The van der Waals surface area contributed by atoms with Gasteiger partial charge in [-0.1, -0.05) is 18.2 Å². The first-order valence-electron chi connectivity index (χ1n) is 9.38. The highest BCUT2D eigenvalue weighted by Gasteiger charge is 2.13. The van der Waals surface area contributed by atoms with Crippen molar-refractivity contribution in [3.05, 3.63) is 53.6 Å². The molecule has 2 rings (SSSR count). The Balaban J connectivity index is 1.95. The van der Waals surface area contributed by atoms with Crippen molar-refractivity contribution in [2.75, 3.05) is 34.0 Å². The van der Waals surface area contributed by atoms with Crippen molar-refractivity contribution < 1.29 is 23.7 Å². The maximum Gasteiger partial charge on any atom is 0.224 e. The number of ether oxygens (including phenoxy) is 4. The van der Waals surface area contributed by atoms with Crippen LogP contribution in [-0.2, 0) is 16.0 Å². The van der Waals surface area contributed by atoms with Crippen LogP contribution in [0.2, 0.25) is 0 Å². The number of benzene rings is 2. The van der Waals surface area contributed by atoms with Crippen LogP contribution in [0.15, 0.2) is 42.5 Å². The first kappa shape index (κ1) is 21.6. The van der Waals surface area contributed by atoms with E-state index in [9.17, 15) is 4.79 Å². The van der Waals surface area contributed by atoms with Crippen LogP contribution in [0.25, 0.3) is 0 Å². The fourth-order valence-corrected chi connectivity index (χ4v) is 2.74. The van der Waals surface area contributed by atoms with Crippen molar-refractivity contribution in [2.45, 2.75) is 26.3 Å². The Morgan fingerprint density at radius 1 is 1.00 bits per heavy atom. The molecule has 152 valence electrons. The molecule has 2 aromatic carbocycles. The van der Waals surface area contributed by atoms with Crippen LogP contribution in [0.3, 0.4) is 0 Å². The summed E-state index contributed by atoms with van der Waals surface area (Å²) in [6.07, 6.45) is 0.312. The second kappa shape index (κ2) is 11.2. The maximum atomic E-state index is 12.4. The Bertz CT molecular complexity index is 745. The highest BCUT2D eigenvalue weighted by molar-refractivity contribution is 5.79. The molecule has 0 spiro atoms. The topological polar surface area (TPSA) is 66.0 Å². The fraction of sp³-hybridized carbons (Fsp3) is 0.409. The van der Waals surface area contributed by atoms with Crippen molar-refractivity contribution >= 4 is 5.91 Å². The average Bonchev–Trinajstić information content (AvgIpc) is 2.70. The molecule has 0 aliphatic rings. The van der Waals surface area contributed by atoms with Gasteiger partial charge in [-0.15, -0.1) is 0 Å². The van der Waals surface area contributed by atoms with E-state index in [-0.39, 0.29) is 11.9 Å². The van der Waals surface area contributed by atoms with E-state index < -0.39 is 0 Å². The Morgan fingerprint density at radius 2 is 1.75 bits per heavy atom. The van der Waals surface area contributed by atoms with Gasteiger partial charge in [0, 0.05) is 7.11 Å². The maximum absolute atomic E-state index is 12.4. The zero-order valence-corrected chi connectivity index (χ0v) is 17.0. The molecule has 0 bridgehead atoms.